The van der Waals surface area contributed by atoms with Gasteiger partial charge in [-0.2, -0.15) is 0 Å². The quantitative estimate of drug-likeness (QED) is 0.315. The van der Waals surface area contributed by atoms with Gasteiger partial charge >= 0.3 is 0 Å². The van der Waals surface area contributed by atoms with Gasteiger partial charge in [0.2, 0.25) is 0 Å². The van der Waals surface area contributed by atoms with Gasteiger partial charge in [0.15, 0.2) is 0 Å². The zero-order valence-electron chi connectivity index (χ0n) is 7.70. The largest absolute Gasteiger partial charge is 0.398 e. The summed E-state index contributed by atoms with van der Waals surface area (Å²) in [5, 5.41) is 2.74. The van der Waals surface area contributed by atoms with Crippen LogP contribution in [0.1, 0.15) is 12.8 Å². The van der Waals surface area contributed by atoms with Gasteiger partial charge in [-0.05, 0) is 7.05 Å². The molecule has 0 aliphatic heterocycles. The molecule has 0 bridgehead atoms. The Morgan fingerprint density at radius 3 is 2.21 bits per heavy atom. The minimum Gasteiger partial charge on any atom is -0.398 e. The van der Waals surface area contributed by atoms with Crippen LogP contribution in [-0.4, -0.2) is 18.5 Å². The zero-order chi connectivity index (χ0) is 11.0. The van der Waals surface area contributed by atoms with Crippen molar-refractivity contribution in [2.75, 3.05) is 7.05 Å². The highest BCUT2D eigenvalue weighted by Gasteiger charge is 2.58. The summed E-state index contributed by atoms with van der Waals surface area (Å²) in [6.07, 6.45) is -0.722. The van der Waals surface area contributed by atoms with Crippen LogP contribution >= 0.6 is 11.6 Å². The van der Waals surface area contributed by atoms with Crippen molar-refractivity contribution in [3.8, 4) is 0 Å². The fraction of sp³-hybridized carbons (Fsp3) is 0.714. The van der Waals surface area contributed by atoms with Crippen molar-refractivity contribution in [2.45, 2.75) is 24.3 Å². The molecule has 82 valence electrons. The monoisotopic (exact) mass is 226 g/mol. The summed E-state index contributed by atoms with van der Waals surface area (Å²) < 4.78 is 25.5. The van der Waals surface area contributed by atoms with E-state index in [0.717, 1.165) is 0 Å². The standard InChI is InChI=1S/C7H13ClF2N4/c1-13-6(2-7(9,10)3-6)4(11)5(8)14-12/h13-14H,2-3,11-12H2,1H3/b5-4-. The maximum atomic E-state index is 12.7. The van der Waals surface area contributed by atoms with E-state index in [-0.39, 0.29) is 23.7 Å². The molecule has 0 saturated heterocycles. The van der Waals surface area contributed by atoms with E-state index in [9.17, 15) is 8.78 Å². The van der Waals surface area contributed by atoms with Crippen molar-refractivity contribution in [2.24, 2.45) is 11.6 Å². The first-order valence-corrected chi connectivity index (χ1v) is 4.44. The summed E-state index contributed by atoms with van der Waals surface area (Å²) in [6.45, 7) is 0. The van der Waals surface area contributed by atoms with Crippen molar-refractivity contribution in [3.05, 3.63) is 10.9 Å². The molecule has 6 N–H and O–H groups in total. The molecule has 0 aromatic carbocycles. The molecule has 14 heavy (non-hydrogen) atoms. The highest BCUT2D eigenvalue weighted by molar-refractivity contribution is 6.29. The highest BCUT2D eigenvalue weighted by atomic mass is 35.5. The van der Waals surface area contributed by atoms with Gasteiger partial charge < -0.3 is 16.5 Å². The SMILES string of the molecule is CNC1(/C(N)=C(\Cl)NN)CC(F)(F)C1. The number of nitrogens with two attached hydrogens (primary N) is 2. The van der Waals surface area contributed by atoms with Crippen LogP contribution in [0, 0.1) is 0 Å². The van der Waals surface area contributed by atoms with Crippen LogP contribution in [0.5, 0.6) is 0 Å². The molecule has 0 unspecified atom stereocenters. The second-order valence-electron chi connectivity index (χ2n) is 3.41. The minimum atomic E-state index is -2.68. The Labute approximate surface area is 85.6 Å². The van der Waals surface area contributed by atoms with Gasteiger partial charge in [-0.1, -0.05) is 11.6 Å². The summed E-state index contributed by atoms with van der Waals surface area (Å²) in [4.78, 5) is 0. The van der Waals surface area contributed by atoms with Gasteiger partial charge in [0, 0.05) is 12.8 Å². The van der Waals surface area contributed by atoms with Crippen molar-refractivity contribution in [1.82, 2.24) is 10.7 Å². The van der Waals surface area contributed by atoms with E-state index in [0.29, 0.717) is 0 Å². The number of hydrogen-bond donors (Lipinski definition) is 4. The molecule has 0 heterocycles. The third-order valence-electron chi connectivity index (χ3n) is 2.48. The molecule has 1 aliphatic rings. The average molecular weight is 227 g/mol. The summed E-state index contributed by atoms with van der Waals surface area (Å²) in [5.41, 5.74) is 6.93. The lowest BCUT2D eigenvalue weighted by atomic mass is 9.71. The maximum Gasteiger partial charge on any atom is 0.252 e. The molecule has 0 spiro atoms. The van der Waals surface area contributed by atoms with Crippen LogP contribution in [0.2, 0.25) is 0 Å². The average Bonchev–Trinajstić information content (AvgIpc) is 2.10. The van der Waals surface area contributed by atoms with Gasteiger partial charge in [0.1, 0.15) is 5.16 Å². The van der Waals surface area contributed by atoms with E-state index in [1.807, 2.05) is 0 Å². The molecule has 1 saturated carbocycles. The van der Waals surface area contributed by atoms with Gasteiger partial charge in [0.25, 0.3) is 5.92 Å². The molecule has 4 nitrogen and oxygen atoms in total. The molecule has 0 amide bonds. The smallest absolute Gasteiger partial charge is 0.252 e. The fourth-order valence-corrected chi connectivity index (χ4v) is 1.80. The van der Waals surface area contributed by atoms with Gasteiger partial charge in [-0.15, -0.1) is 0 Å². The number of alkyl halides is 2. The highest BCUT2D eigenvalue weighted by Crippen LogP contribution is 2.48. The van der Waals surface area contributed by atoms with Crippen molar-refractivity contribution in [3.63, 3.8) is 0 Å². The number of halogens is 3. The van der Waals surface area contributed by atoms with E-state index >= 15 is 0 Å². The summed E-state index contributed by atoms with van der Waals surface area (Å²) >= 11 is 5.62. The Morgan fingerprint density at radius 2 is 1.93 bits per heavy atom. The normalized spacial score (nSPS) is 24.9. The molecular formula is C7H13ClF2N4. The van der Waals surface area contributed by atoms with E-state index in [4.69, 9.17) is 23.2 Å². The molecule has 0 radical (unpaired) electrons. The van der Waals surface area contributed by atoms with E-state index in [2.05, 4.69) is 10.7 Å². The van der Waals surface area contributed by atoms with Crippen molar-refractivity contribution >= 4 is 11.6 Å². The van der Waals surface area contributed by atoms with Crippen LogP contribution in [0.25, 0.3) is 0 Å². The Balaban J connectivity index is 2.85. The second kappa shape index (κ2) is 3.52. The van der Waals surface area contributed by atoms with Crippen LogP contribution < -0.4 is 22.3 Å². The van der Waals surface area contributed by atoms with Crippen LogP contribution in [-0.2, 0) is 0 Å². The summed E-state index contributed by atoms with van der Waals surface area (Å²) in [5.74, 6) is 2.35. The third kappa shape index (κ3) is 1.77. The molecule has 1 rings (SSSR count). The predicted octanol–water partition coefficient (Wildman–Crippen LogP) is 0.204. The van der Waals surface area contributed by atoms with Gasteiger partial charge in [-0.25, -0.2) is 14.6 Å². The minimum absolute atomic E-state index is 0.00477. The van der Waals surface area contributed by atoms with Crippen molar-refractivity contribution in [1.29, 1.82) is 0 Å². The zero-order valence-corrected chi connectivity index (χ0v) is 8.46. The Hall–Kier alpha value is -0.590. The fourth-order valence-electron chi connectivity index (χ4n) is 1.62. The predicted molar refractivity (Wildman–Crippen MR) is 50.4 cm³/mol. The summed E-state index contributed by atoms with van der Waals surface area (Å²) in [6, 6.07) is 0. The topological polar surface area (TPSA) is 76.1 Å². The lowest BCUT2D eigenvalue weighted by Crippen LogP contribution is -2.63. The third-order valence-corrected chi connectivity index (χ3v) is 2.79. The summed E-state index contributed by atoms with van der Waals surface area (Å²) in [7, 11) is 1.56. The molecule has 1 fully saturated rings. The number of rotatable bonds is 3. The molecule has 0 aromatic rings. The number of likely N-dealkylation sites (N-methyl/N-ethyl adjacent to an activating group) is 1. The van der Waals surface area contributed by atoms with Crippen LogP contribution in [0.15, 0.2) is 10.9 Å². The number of hydrazine groups is 1. The lowest BCUT2D eigenvalue weighted by molar-refractivity contribution is -0.120. The molecule has 1 aliphatic carbocycles. The Bertz CT molecular complexity index is 258. The van der Waals surface area contributed by atoms with Crippen molar-refractivity contribution < 1.29 is 8.78 Å². The number of nitrogens with one attached hydrogen (secondary N) is 2. The van der Waals surface area contributed by atoms with Gasteiger partial charge in [-0.3, -0.25) is 0 Å². The Morgan fingerprint density at radius 1 is 1.43 bits per heavy atom. The van der Waals surface area contributed by atoms with E-state index in [1.165, 1.54) is 0 Å². The van der Waals surface area contributed by atoms with E-state index in [1.54, 1.807) is 7.05 Å². The second-order valence-corrected chi connectivity index (χ2v) is 3.79. The molecule has 0 aromatic heterocycles. The maximum absolute atomic E-state index is 12.7. The molecule has 0 atom stereocenters. The van der Waals surface area contributed by atoms with E-state index < -0.39 is 11.5 Å². The Kier molecular flexibility index (Phi) is 2.89. The lowest BCUT2D eigenvalue weighted by Gasteiger charge is -2.47. The van der Waals surface area contributed by atoms with Crippen LogP contribution in [0.4, 0.5) is 8.78 Å². The number of hydrogen-bond acceptors (Lipinski definition) is 4. The molecular weight excluding hydrogens is 214 g/mol. The first-order chi connectivity index (χ1) is 6.37. The first kappa shape index (κ1) is 11.5. The van der Waals surface area contributed by atoms with Gasteiger partial charge in [0.05, 0.1) is 11.2 Å². The first-order valence-electron chi connectivity index (χ1n) is 4.06. The molecule has 7 heteroatoms. The van der Waals surface area contributed by atoms with Crippen LogP contribution in [0.3, 0.4) is 0 Å².